The first-order chi connectivity index (χ1) is 2.84. The molecule has 0 amide bonds. The van der Waals surface area contributed by atoms with Crippen LogP contribution in [-0.2, 0) is 0 Å². The van der Waals surface area contributed by atoms with Gasteiger partial charge >= 0.3 is 0 Å². The lowest BCUT2D eigenvalue weighted by Gasteiger charge is -1.75. The van der Waals surface area contributed by atoms with Crippen LogP contribution >= 0.6 is 0 Å². The molecule has 1 fully saturated rings. The van der Waals surface area contributed by atoms with Crippen molar-refractivity contribution in [2.45, 2.75) is 25.6 Å². The smallest absolute Gasteiger partial charge is 0.120 e. The minimum atomic E-state index is -0.185. The summed E-state index contributed by atoms with van der Waals surface area (Å²) in [5, 5.41) is 11.4. The highest BCUT2D eigenvalue weighted by molar-refractivity contribution is 4.86. The predicted molar refractivity (Wildman–Crippen MR) is 23.2 cm³/mol. The SMILES string of the molecule is CCC1NC1O. The Bertz CT molecular complexity index is 53.5. The summed E-state index contributed by atoms with van der Waals surface area (Å²) in [6.07, 6.45) is 0.858. The molecule has 0 aromatic rings. The summed E-state index contributed by atoms with van der Waals surface area (Å²) in [5.74, 6) is 0. The molecule has 36 valence electrons. The fraction of sp³-hybridized carbons (Fsp3) is 1.00. The first-order valence-electron chi connectivity index (χ1n) is 2.28. The van der Waals surface area contributed by atoms with Crippen molar-refractivity contribution in [3.8, 4) is 0 Å². The number of hydrogen-bond acceptors (Lipinski definition) is 2. The van der Waals surface area contributed by atoms with Crippen LogP contribution in [0.4, 0.5) is 0 Å². The summed E-state index contributed by atoms with van der Waals surface area (Å²) in [4.78, 5) is 0. The summed E-state index contributed by atoms with van der Waals surface area (Å²) < 4.78 is 0. The molecule has 2 unspecified atom stereocenters. The van der Waals surface area contributed by atoms with Gasteiger partial charge in [0.05, 0.1) is 0 Å². The van der Waals surface area contributed by atoms with Gasteiger partial charge in [0.1, 0.15) is 6.23 Å². The molecule has 6 heavy (non-hydrogen) atoms. The van der Waals surface area contributed by atoms with Crippen LogP contribution in [0.2, 0.25) is 0 Å². The molecule has 2 heteroatoms. The molecule has 0 aromatic heterocycles. The quantitative estimate of drug-likeness (QED) is 0.431. The topological polar surface area (TPSA) is 42.2 Å². The molecular weight excluding hydrogens is 78.0 g/mol. The van der Waals surface area contributed by atoms with Gasteiger partial charge in [-0.3, -0.25) is 5.32 Å². The van der Waals surface area contributed by atoms with Gasteiger partial charge in [-0.2, -0.15) is 0 Å². The molecule has 1 saturated heterocycles. The molecule has 2 N–H and O–H groups in total. The van der Waals surface area contributed by atoms with Crippen molar-refractivity contribution in [3.05, 3.63) is 0 Å². The summed E-state index contributed by atoms with van der Waals surface area (Å²) in [6, 6.07) is 0.407. The fourth-order valence-electron chi connectivity index (χ4n) is 0.505. The van der Waals surface area contributed by atoms with Gasteiger partial charge in [0.2, 0.25) is 0 Å². The van der Waals surface area contributed by atoms with Crippen molar-refractivity contribution < 1.29 is 5.11 Å². The minimum absolute atomic E-state index is 0.185. The average Bonchev–Trinajstić information content (AvgIpc) is 2.19. The van der Waals surface area contributed by atoms with Gasteiger partial charge in [-0.05, 0) is 6.42 Å². The third-order valence-corrected chi connectivity index (χ3v) is 1.10. The van der Waals surface area contributed by atoms with Crippen LogP contribution in [0.15, 0.2) is 0 Å². The van der Waals surface area contributed by atoms with E-state index < -0.39 is 0 Å². The van der Waals surface area contributed by atoms with Crippen LogP contribution in [0.3, 0.4) is 0 Å². The molecule has 0 saturated carbocycles. The van der Waals surface area contributed by atoms with Crippen LogP contribution in [0.5, 0.6) is 0 Å². The summed E-state index contributed by atoms with van der Waals surface area (Å²) in [5.41, 5.74) is 0. The molecule has 0 spiro atoms. The van der Waals surface area contributed by atoms with Crippen molar-refractivity contribution in [1.29, 1.82) is 0 Å². The Morgan fingerprint density at radius 3 is 2.33 bits per heavy atom. The van der Waals surface area contributed by atoms with E-state index in [4.69, 9.17) is 5.11 Å². The van der Waals surface area contributed by atoms with E-state index in [9.17, 15) is 0 Å². The Kier molecular flexibility index (Phi) is 0.821. The monoisotopic (exact) mass is 87.1 g/mol. The van der Waals surface area contributed by atoms with Crippen LogP contribution in [-0.4, -0.2) is 17.4 Å². The highest BCUT2D eigenvalue weighted by atomic mass is 16.3. The van der Waals surface area contributed by atoms with Crippen molar-refractivity contribution in [2.75, 3.05) is 0 Å². The highest BCUT2D eigenvalue weighted by Crippen LogP contribution is 2.08. The van der Waals surface area contributed by atoms with Gasteiger partial charge in [0.25, 0.3) is 0 Å². The molecule has 0 bridgehead atoms. The third kappa shape index (κ3) is 0.533. The zero-order valence-electron chi connectivity index (χ0n) is 3.81. The Labute approximate surface area is 37.2 Å². The second-order valence-corrected chi connectivity index (χ2v) is 1.63. The first kappa shape index (κ1) is 4.09. The molecule has 0 radical (unpaired) electrons. The lowest BCUT2D eigenvalue weighted by Crippen LogP contribution is -1.86. The van der Waals surface area contributed by atoms with Crippen molar-refractivity contribution in [1.82, 2.24) is 5.32 Å². The Balaban J connectivity index is 2.09. The molecule has 2 nitrogen and oxygen atoms in total. The van der Waals surface area contributed by atoms with E-state index in [2.05, 4.69) is 5.32 Å². The predicted octanol–water partition coefficient (Wildman–Crippen LogP) is -0.313. The van der Waals surface area contributed by atoms with E-state index >= 15 is 0 Å². The van der Waals surface area contributed by atoms with Gasteiger partial charge in [-0.15, -0.1) is 0 Å². The van der Waals surface area contributed by atoms with Gasteiger partial charge < -0.3 is 5.11 Å². The second kappa shape index (κ2) is 1.21. The normalized spacial score (nSPS) is 43.0. The van der Waals surface area contributed by atoms with Gasteiger partial charge in [-0.25, -0.2) is 0 Å². The number of rotatable bonds is 1. The van der Waals surface area contributed by atoms with E-state index in [0.29, 0.717) is 6.04 Å². The Hall–Kier alpha value is -0.0800. The maximum atomic E-state index is 8.52. The molecular formula is C4H9NO. The second-order valence-electron chi connectivity index (χ2n) is 1.63. The lowest BCUT2D eigenvalue weighted by molar-refractivity contribution is 0.263. The number of nitrogens with one attached hydrogen (secondary N) is 1. The maximum absolute atomic E-state index is 8.52. The van der Waals surface area contributed by atoms with Crippen molar-refractivity contribution >= 4 is 0 Å². The molecule has 2 atom stereocenters. The van der Waals surface area contributed by atoms with E-state index in [1.165, 1.54) is 0 Å². The fourth-order valence-corrected chi connectivity index (χ4v) is 0.505. The minimum Gasteiger partial charge on any atom is -0.377 e. The molecule has 1 heterocycles. The highest BCUT2D eigenvalue weighted by Gasteiger charge is 2.31. The number of hydrogen-bond donors (Lipinski definition) is 2. The largest absolute Gasteiger partial charge is 0.377 e. The van der Waals surface area contributed by atoms with E-state index in [-0.39, 0.29) is 6.23 Å². The van der Waals surface area contributed by atoms with Crippen molar-refractivity contribution in [2.24, 2.45) is 0 Å². The average molecular weight is 87.1 g/mol. The van der Waals surface area contributed by atoms with Gasteiger partial charge in [0.15, 0.2) is 0 Å². The molecule has 1 aliphatic heterocycles. The summed E-state index contributed by atoms with van der Waals surface area (Å²) >= 11 is 0. The molecule has 0 aromatic carbocycles. The number of aliphatic hydroxyl groups is 1. The Morgan fingerprint density at radius 1 is 1.83 bits per heavy atom. The van der Waals surface area contributed by atoms with Crippen molar-refractivity contribution in [3.63, 3.8) is 0 Å². The number of aliphatic hydroxyl groups excluding tert-OH is 1. The van der Waals surface area contributed by atoms with E-state index in [0.717, 1.165) is 6.42 Å². The summed E-state index contributed by atoms with van der Waals surface area (Å²) in [7, 11) is 0. The van der Waals surface area contributed by atoms with Gasteiger partial charge in [0, 0.05) is 6.04 Å². The third-order valence-electron chi connectivity index (χ3n) is 1.10. The van der Waals surface area contributed by atoms with Crippen LogP contribution in [0.1, 0.15) is 13.3 Å². The molecule has 0 aliphatic carbocycles. The summed E-state index contributed by atoms with van der Waals surface area (Å²) in [6.45, 7) is 2.05. The first-order valence-corrected chi connectivity index (χ1v) is 2.28. The van der Waals surface area contributed by atoms with Crippen LogP contribution in [0.25, 0.3) is 0 Å². The Morgan fingerprint density at radius 2 is 2.33 bits per heavy atom. The van der Waals surface area contributed by atoms with Crippen LogP contribution < -0.4 is 5.32 Å². The van der Waals surface area contributed by atoms with Gasteiger partial charge in [-0.1, -0.05) is 6.92 Å². The molecule has 1 rings (SSSR count). The van der Waals surface area contributed by atoms with E-state index in [1.54, 1.807) is 0 Å². The van der Waals surface area contributed by atoms with Crippen LogP contribution in [0, 0.1) is 0 Å². The zero-order chi connectivity index (χ0) is 4.57. The standard InChI is InChI=1S/C4H9NO/c1-2-3-4(6)5-3/h3-6H,2H2,1H3. The lowest BCUT2D eigenvalue weighted by atomic mass is 10.4. The maximum Gasteiger partial charge on any atom is 0.120 e. The zero-order valence-corrected chi connectivity index (χ0v) is 3.81. The van der Waals surface area contributed by atoms with E-state index in [1.807, 2.05) is 6.92 Å². The molecule has 1 aliphatic rings.